The summed E-state index contributed by atoms with van der Waals surface area (Å²) in [5, 5.41) is 5.47. The molecule has 0 bridgehead atoms. The quantitative estimate of drug-likeness (QED) is 0.485. The Labute approximate surface area is 199 Å². The molecular weight excluding hydrogens is 454 g/mol. The number of nitrogens with one attached hydrogen (secondary N) is 2. The van der Waals surface area contributed by atoms with Crippen molar-refractivity contribution in [1.82, 2.24) is 5.32 Å². The smallest absolute Gasteiger partial charge is 0.264 e. The molecule has 0 aliphatic carbocycles. The fraction of sp³-hybridized carbons (Fsp3) is 0.200. The average Bonchev–Trinajstić information content (AvgIpc) is 2.83. The highest BCUT2D eigenvalue weighted by atomic mass is 32.2. The molecule has 0 aromatic heterocycles. The van der Waals surface area contributed by atoms with Crippen molar-refractivity contribution in [3.8, 4) is 5.75 Å². The maximum absolute atomic E-state index is 13.5. The van der Waals surface area contributed by atoms with Crippen LogP contribution in [-0.4, -0.2) is 39.9 Å². The second-order valence-electron chi connectivity index (χ2n) is 7.72. The van der Waals surface area contributed by atoms with Gasteiger partial charge in [0.15, 0.2) is 0 Å². The van der Waals surface area contributed by atoms with E-state index in [2.05, 4.69) is 10.6 Å². The third kappa shape index (κ3) is 5.74. The Morgan fingerprint density at radius 3 is 2.21 bits per heavy atom. The van der Waals surface area contributed by atoms with E-state index in [-0.39, 0.29) is 33.8 Å². The topological polar surface area (TPSA) is 105 Å². The molecule has 0 unspecified atom stereocenters. The number of para-hydroxylation sites is 3. The van der Waals surface area contributed by atoms with Gasteiger partial charge in [-0.3, -0.25) is 13.9 Å². The van der Waals surface area contributed by atoms with Gasteiger partial charge in [0, 0.05) is 6.04 Å². The minimum absolute atomic E-state index is 0.0328. The highest BCUT2D eigenvalue weighted by Crippen LogP contribution is 2.32. The van der Waals surface area contributed by atoms with Gasteiger partial charge >= 0.3 is 0 Å². The fourth-order valence-electron chi connectivity index (χ4n) is 3.31. The van der Waals surface area contributed by atoms with E-state index >= 15 is 0 Å². The second-order valence-corrected chi connectivity index (χ2v) is 9.58. The van der Waals surface area contributed by atoms with E-state index < -0.39 is 22.5 Å². The van der Waals surface area contributed by atoms with E-state index in [1.807, 2.05) is 13.8 Å². The van der Waals surface area contributed by atoms with Crippen LogP contribution in [0.25, 0.3) is 0 Å². The largest absolute Gasteiger partial charge is 0.495 e. The zero-order valence-corrected chi connectivity index (χ0v) is 20.0. The van der Waals surface area contributed by atoms with Crippen molar-refractivity contribution in [2.75, 3.05) is 23.3 Å². The Morgan fingerprint density at radius 1 is 0.912 bits per heavy atom. The zero-order valence-electron chi connectivity index (χ0n) is 19.2. The molecule has 9 heteroatoms. The first-order valence-electron chi connectivity index (χ1n) is 10.6. The summed E-state index contributed by atoms with van der Waals surface area (Å²) in [6.07, 6.45) is 0. The van der Waals surface area contributed by atoms with Crippen LogP contribution < -0.4 is 19.7 Å². The molecule has 0 saturated carbocycles. The SMILES string of the molecule is COc1ccccc1N(CC(=O)Nc1ccccc1C(=O)NC(C)C)S(=O)(=O)c1ccccc1. The summed E-state index contributed by atoms with van der Waals surface area (Å²) < 4.78 is 33.4. The minimum atomic E-state index is -4.10. The molecule has 0 fully saturated rings. The van der Waals surface area contributed by atoms with Crippen LogP contribution in [0, 0.1) is 0 Å². The predicted molar refractivity (Wildman–Crippen MR) is 132 cm³/mol. The van der Waals surface area contributed by atoms with Crippen LogP contribution in [0.2, 0.25) is 0 Å². The molecule has 0 atom stereocenters. The van der Waals surface area contributed by atoms with Gasteiger partial charge in [-0.25, -0.2) is 8.42 Å². The van der Waals surface area contributed by atoms with Crippen molar-refractivity contribution in [1.29, 1.82) is 0 Å². The number of hydrogen-bond donors (Lipinski definition) is 2. The van der Waals surface area contributed by atoms with Crippen molar-refractivity contribution in [3.05, 3.63) is 84.4 Å². The van der Waals surface area contributed by atoms with Gasteiger partial charge in [-0.2, -0.15) is 0 Å². The summed E-state index contributed by atoms with van der Waals surface area (Å²) in [5.74, 6) is -0.661. The molecule has 8 nitrogen and oxygen atoms in total. The molecule has 0 heterocycles. The summed E-state index contributed by atoms with van der Waals surface area (Å²) in [6, 6.07) is 20.9. The summed E-state index contributed by atoms with van der Waals surface area (Å²) in [7, 11) is -2.68. The number of carbonyl (C=O) groups is 2. The van der Waals surface area contributed by atoms with Gasteiger partial charge in [0.25, 0.3) is 15.9 Å². The van der Waals surface area contributed by atoms with Crippen LogP contribution in [0.3, 0.4) is 0 Å². The molecule has 2 amide bonds. The van der Waals surface area contributed by atoms with E-state index in [9.17, 15) is 18.0 Å². The van der Waals surface area contributed by atoms with Gasteiger partial charge < -0.3 is 15.4 Å². The van der Waals surface area contributed by atoms with Crippen LogP contribution in [0.5, 0.6) is 5.75 Å². The van der Waals surface area contributed by atoms with E-state index in [1.165, 1.54) is 19.2 Å². The summed E-state index contributed by atoms with van der Waals surface area (Å²) in [5.41, 5.74) is 0.775. The van der Waals surface area contributed by atoms with Gasteiger partial charge in [0.2, 0.25) is 5.91 Å². The van der Waals surface area contributed by atoms with E-state index in [1.54, 1.807) is 66.7 Å². The molecule has 178 valence electrons. The summed E-state index contributed by atoms with van der Waals surface area (Å²) in [6.45, 7) is 3.13. The molecular formula is C25H27N3O5S. The number of amides is 2. The molecule has 0 saturated heterocycles. The Morgan fingerprint density at radius 2 is 1.53 bits per heavy atom. The Hall–Kier alpha value is -3.85. The van der Waals surface area contributed by atoms with E-state index in [0.717, 1.165) is 4.31 Å². The molecule has 3 aromatic rings. The predicted octanol–water partition coefficient (Wildman–Crippen LogP) is 3.67. The molecule has 34 heavy (non-hydrogen) atoms. The molecule has 2 N–H and O–H groups in total. The van der Waals surface area contributed by atoms with Gasteiger partial charge in [-0.1, -0.05) is 42.5 Å². The monoisotopic (exact) mass is 481 g/mol. The van der Waals surface area contributed by atoms with E-state index in [4.69, 9.17) is 4.74 Å². The minimum Gasteiger partial charge on any atom is -0.495 e. The summed E-state index contributed by atoms with van der Waals surface area (Å²) >= 11 is 0. The molecule has 3 aromatic carbocycles. The normalized spacial score (nSPS) is 11.1. The number of sulfonamides is 1. The Balaban J connectivity index is 1.96. The van der Waals surface area contributed by atoms with Crippen molar-refractivity contribution in [2.45, 2.75) is 24.8 Å². The number of ether oxygens (including phenoxy) is 1. The molecule has 0 aliphatic heterocycles. The summed E-state index contributed by atoms with van der Waals surface area (Å²) in [4.78, 5) is 25.7. The highest BCUT2D eigenvalue weighted by Gasteiger charge is 2.29. The molecule has 0 spiro atoms. The second kappa shape index (κ2) is 10.8. The lowest BCUT2D eigenvalue weighted by molar-refractivity contribution is -0.114. The van der Waals surface area contributed by atoms with Crippen LogP contribution in [-0.2, 0) is 14.8 Å². The third-order valence-electron chi connectivity index (χ3n) is 4.84. The maximum Gasteiger partial charge on any atom is 0.264 e. The van der Waals surface area contributed by atoms with Crippen molar-refractivity contribution < 1.29 is 22.7 Å². The Kier molecular flexibility index (Phi) is 7.91. The first-order chi connectivity index (χ1) is 16.2. The number of carbonyl (C=O) groups excluding carboxylic acids is 2. The molecule has 0 aliphatic rings. The van der Waals surface area contributed by atoms with Crippen LogP contribution in [0.4, 0.5) is 11.4 Å². The van der Waals surface area contributed by atoms with Crippen molar-refractivity contribution in [2.24, 2.45) is 0 Å². The van der Waals surface area contributed by atoms with Gasteiger partial charge in [-0.15, -0.1) is 0 Å². The standard InChI is InChI=1S/C25H27N3O5S/c1-18(2)26-25(30)20-13-7-8-14-21(20)27-24(29)17-28(22-15-9-10-16-23(22)33-3)34(31,32)19-11-5-4-6-12-19/h4-16,18H,17H2,1-3H3,(H,26,30)(H,27,29). The first kappa shape index (κ1) is 24.8. The molecule has 0 radical (unpaired) electrons. The van der Waals surface area contributed by atoms with E-state index in [0.29, 0.717) is 5.75 Å². The number of benzene rings is 3. The lowest BCUT2D eigenvalue weighted by Crippen LogP contribution is -2.38. The third-order valence-corrected chi connectivity index (χ3v) is 6.61. The van der Waals surface area contributed by atoms with Gasteiger partial charge in [0.1, 0.15) is 12.3 Å². The highest BCUT2D eigenvalue weighted by molar-refractivity contribution is 7.92. The lowest BCUT2D eigenvalue weighted by atomic mass is 10.1. The van der Waals surface area contributed by atoms with Crippen LogP contribution in [0.1, 0.15) is 24.2 Å². The number of anilines is 2. The number of nitrogens with zero attached hydrogens (tertiary/aromatic N) is 1. The number of hydrogen-bond acceptors (Lipinski definition) is 5. The molecule has 3 rings (SSSR count). The first-order valence-corrected chi connectivity index (χ1v) is 12.1. The maximum atomic E-state index is 13.5. The lowest BCUT2D eigenvalue weighted by Gasteiger charge is -2.25. The van der Waals surface area contributed by atoms with Gasteiger partial charge in [0.05, 0.1) is 28.9 Å². The Bertz CT molecular complexity index is 1260. The van der Waals surface area contributed by atoms with Crippen LogP contribution >= 0.6 is 0 Å². The van der Waals surface area contributed by atoms with Crippen LogP contribution in [0.15, 0.2) is 83.8 Å². The van der Waals surface area contributed by atoms with Crippen molar-refractivity contribution >= 4 is 33.2 Å². The number of rotatable bonds is 9. The fourth-order valence-corrected chi connectivity index (χ4v) is 4.76. The zero-order chi connectivity index (χ0) is 24.7. The van der Waals surface area contributed by atoms with Crippen molar-refractivity contribution in [3.63, 3.8) is 0 Å². The average molecular weight is 482 g/mol. The number of methoxy groups -OCH3 is 1. The van der Waals surface area contributed by atoms with Gasteiger partial charge in [-0.05, 0) is 50.2 Å².